The third-order valence-corrected chi connectivity index (χ3v) is 7.04. The summed E-state index contributed by atoms with van der Waals surface area (Å²) in [6.45, 7) is 9.20. The van der Waals surface area contributed by atoms with Crippen LogP contribution in [0.5, 0.6) is 5.75 Å². The number of piperazine rings is 1. The van der Waals surface area contributed by atoms with Gasteiger partial charge in [-0.05, 0) is 32.3 Å². The van der Waals surface area contributed by atoms with Gasteiger partial charge in [0.2, 0.25) is 5.91 Å². The van der Waals surface area contributed by atoms with E-state index in [1.165, 1.54) is 18.6 Å². The van der Waals surface area contributed by atoms with Crippen molar-refractivity contribution >= 4 is 40.7 Å². The van der Waals surface area contributed by atoms with E-state index in [1.807, 2.05) is 43.4 Å². The molecule has 1 fully saturated rings. The summed E-state index contributed by atoms with van der Waals surface area (Å²) in [5.74, 6) is 0.906. The average Bonchev–Trinajstić information content (AvgIpc) is 3.00. The molecule has 1 aromatic heterocycles. The first kappa shape index (κ1) is 29.5. The number of methoxy groups -OCH3 is 1. The number of carbonyl (C=O) groups is 1. The summed E-state index contributed by atoms with van der Waals surface area (Å²) in [7, 11) is 7.62. The minimum absolute atomic E-state index is 0.287. The highest BCUT2D eigenvalue weighted by Crippen LogP contribution is 2.39. The first-order valence-corrected chi connectivity index (χ1v) is 13.5. The predicted molar refractivity (Wildman–Crippen MR) is 167 cm³/mol. The third-order valence-electron chi connectivity index (χ3n) is 7.04. The second-order valence-corrected chi connectivity index (χ2v) is 10.0. The van der Waals surface area contributed by atoms with E-state index in [1.54, 1.807) is 7.11 Å². The van der Waals surface area contributed by atoms with Gasteiger partial charge in [-0.1, -0.05) is 18.7 Å². The molecule has 1 aliphatic rings. The lowest BCUT2D eigenvalue weighted by Crippen LogP contribution is -2.48. The smallest absolute Gasteiger partial charge is 0.247 e. The van der Waals surface area contributed by atoms with Crippen LogP contribution in [0.2, 0.25) is 0 Å². The molecule has 2 heterocycles. The van der Waals surface area contributed by atoms with E-state index in [2.05, 4.69) is 61.3 Å². The number of likely N-dealkylation sites (N-methyl/N-ethyl adjacent to an activating group) is 1. The zero-order valence-corrected chi connectivity index (χ0v) is 24.2. The highest BCUT2D eigenvalue weighted by Gasteiger charge is 2.22. The molecule has 41 heavy (non-hydrogen) atoms. The lowest BCUT2D eigenvalue weighted by Gasteiger charge is -2.37. The van der Waals surface area contributed by atoms with Crippen molar-refractivity contribution < 1.29 is 9.53 Å². The molecule has 0 bridgehead atoms. The van der Waals surface area contributed by atoms with E-state index in [0.717, 1.165) is 67.5 Å². The van der Waals surface area contributed by atoms with Crippen LogP contribution >= 0.6 is 0 Å². The topological polar surface area (TPSA) is 122 Å². The number of benzene rings is 2. The molecule has 1 amide bonds. The zero-order valence-electron chi connectivity index (χ0n) is 24.2. The van der Waals surface area contributed by atoms with Gasteiger partial charge in [0.15, 0.2) is 0 Å². The summed E-state index contributed by atoms with van der Waals surface area (Å²) >= 11 is 0. The van der Waals surface area contributed by atoms with Crippen LogP contribution in [0.15, 0.2) is 55.4 Å². The van der Waals surface area contributed by atoms with Gasteiger partial charge < -0.3 is 35.9 Å². The molecule has 11 heteroatoms. The first-order valence-electron chi connectivity index (χ1n) is 13.5. The Hall–Kier alpha value is -4.48. The normalized spacial score (nSPS) is 13.5. The largest absolute Gasteiger partial charge is 0.494 e. The predicted octanol–water partition coefficient (Wildman–Crippen LogP) is 3.74. The van der Waals surface area contributed by atoms with Crippen LogP contribution in [-0.2, 0) is 4.79 Å². The lowest BCUT2D eigenvalue weighted by molar-refractivity contribution is -0.111. The maximum absolute atomic E-state index is 12.4. The molecule has 11 nitrogen and oxygen atoms in total. The minimum Gasteiger partial charge on any atom is -0.494 e. The lowest BCUT2D eigenvalue weighted by atomic mass is 10.1. The molecule has 3 aromatic rings. The fraction of sp³-hybridized carbons (Fsp3) is 0.333. The first-order chi connectivity index (χ1) is 19.8. The molecule has 0 unspecified atom stereocenters. The molecule has 216 valence electrons. The van der Waals surface area contributed by atoms with Crippen LogP contribution in [0, 0.1) is 5.41 Å². The third kappa shape index (κ3) is 7.38. The van der Waals surface area contributed by atoms with Crippen LogP contribution in [0.4, 0.5) is 28.6 Å². The maximum atomic E-state index is 12.4. The summed E-state index contributed by atoms with van der Waals surface area (Å²) in [6.07, 6.45) is 4.07. The molecule has 0 saturated carbocycles. The fourth-order valence-electron chi connectivity index (χ4n) is 4.71. The van der Waals surface area contributed by atoms with Crippen molar-refractivity contribution in [1.29, 1.82) is 5.41 Å². The summed E-state index contributed by atoms with van der Waals surface area (Å²) in [5.41, 5.74) is 5.44. The Bertz CT molecular complexity index is 1380. The summed E-state index contributed by atoms with van der Waals surface area (Å²) < 4.78 is 5.78. The number of ether oxygens (including phenoxy) is 1. The standard InChI is InChI=1S/C30H39N9O2/c1-6-30(40)36-25-16-26(28(41-5)18-27(25)39-13-11-38(12-14-39)10-9-37(3)4)35-29-17-24(33-20-34-29)21-7-8-22(19-31)23(15-21)32-2/h6-8,15-20,31-32H,1,9-14H2,2-5H3,(H,36,40)(H,33,34,35). The van der Waals surface area contributed by atoms with E-state index in [0.29, 0.717) is 22.9 Å². The van der Waals surface area contributed by atoms with Gasteiger partial charge >= 0.3 is 0 Å². The Morgan fingerprint density at radius 1 is 1.10 bits per heavy atom. The molecule has 0 radical (unpaired) electrons. The van der Waals surface area contributed by atoms with Crippen molar-refractivity contribution in [2.45, 2.75) is 0 Å². The molecule has 0 atom stereocenters. The highest BCUT2D eigenvalue weighted by atomic mass is 16.5. The molecular formula is C30H39N9O2. The number of anilines is 5. The van der Waals surface area contributed by atoms with Gasteiger partial charge in [0.05, 0.1) is 29.9 Å². The summed E-state index contributed by atoms with van der Waals surface area (Å²) in [4.78, 5) is 28.2. The van der Waals surface area contributed by atoms with Crippen LogP contribution < -0.4 is 25.6 Å². The maximum Gasteiger partial charge on any atom is 0.247 e. The number of nitrogens with one attached hydrogen (secondary N) is 4. The average molecular weight is 558 g/mol. The summed E-state index contributed by atoms with van der Waals surface area (Å²) in [6, 6.07) is 11.4. The minimum atomic E-state index is -0.287. The Kier molecular flexibility index (Phi) is 9.88. The molecule has 4 rings (SSSR count). The van der Waals surface area contributed by atoms with Gasteiger partial charge in [-0.25, -0.2) is 9.97 Å². The van der Waals surface area contributed by atoms with Crippen molar-refractivity contribution in [3.05, 3.63) is 60.9 Å². The number of carbonyl (C=O) groups excluding carboxylic acids is 1. The van der Waals surface area contributed by atoms with E-state index in [4.69, 9.17) is 10.1 Å². The van der Waals surface area contributed by atoms with Crippen LogP contribution in [0.1, 0.15) is 5.56 Å². The van der Waals surface area contributed by atoms with Crippen molar-refractivity contribution in [3.63, 3.8) is 0 Å². The Balaban J connectivity index is 1.61. The molecule has 0 aliphatic carbocycles. The van der Waals surface area contributed by atoms with Crippen molar-refractivity contribution in [2.24, 2.45) is 0 Å². The van der Waals surface area contributed by atoms with Gasteiger partial charge in [-0.2, -0.15) is 0 Å². The molecule has 0 spiro atoms. The van der Waals surface area contributed by atoms with E-state index < -0.39 is 0 Å². The fourth-order valence-corrected chi connectivity index (χ4v) is 4.71. The monoisotopic (exact) mass is 557 g/mol. The number of hydrogen-bond donors (Lipinski definition) is 4. The van der Waals surface area contributed by atoms with Gasteiger partial charge in [-0.3, -0.25) is 9.69 Å². The van der Waals surface area contributed by atoms with E-state index in [9.17, 15) is 4.79 Å². The zero-order chi connectivity index (χ0) is 29.4. The van der Waals surface area contributed by atoms with Gasteiger partial charge in [0.1, 0.15) is 17.9 Å². The van der Waals surface area contributed by atoms with Crippen LogP contribution in [-0.4, -0.2) is 99.4 Å². The number of amides is 1. The quantitative estimate of drug-likeness (QED) is 0.195. The molecule has 1 saturated heterocycles. The number of aromatic nitrogens is 2. The molecule has 1 aliphatic heterocycles. The van der Waals surface area contributed by atoms with Crippen LogP contribution in [0.25, 0.3) is 11.3 Å². The number of rotatable bonds is 12. The number of hydrogen-bond acceptors (Lipinski definition) is 10. The Labute approximate surface area is 241 Å². The summed E-state index contributed by atoms with van der Waals surface area (Å²) in [5, 5.41) is 17.0. The molecule has 4 N–H and O–H groups in total. The highest BCUT2D eigenvalue weighted by molar-refractivity contribution is 6.02. The Morgan fingerprint density at radius 2 is 1.88 bits per heavy atom. The van der Waals surface area contributed by atoms with Crippen molar-refractivity contribution in [3.8, 4) is 17.0 Å². The van der Waals surface area contributed by atoms with E-state index in [-0.39, 0.29) is 5.91 Å². The van der Waals surface area contributed by atoms with Gasteiger partial charge in [-0.15, -0.1) is 0 Å². The van der Waals surface area contributed by atoms with Crippen LogP contribution in [0.3, 0.4) is 0 Å². The second-order valence-electron chi connectivity index (χ2n) is 10.0. The Morgan fingerprint density at radius 3 is 2.54 bits per heavy atom. The molecular weight excluding hydrogens is 518 g/mol. The van der Waals surface area contributed by atoms with Gasteiger partial charge in [0, 0.05) is 81.5 Å². The SMILES string of the molecule is C=CC(=O)Nc1cc(Nc2cc(-c3ccc(C=N)c(NC)c3)ncn2)c(OC)cc1N1CCN(CCN(C)C)CC1. The van der Waals surface area contributed by atoms with Crippen molar-refractivity contribution in [1.82, 2.24) is 19.8 Å². The van der Waals surface area contributed by atoms with E-state index >= 15 is 0 Å². The van der Waals surface area contributed by atoms with Gasteiger partial charge in [0.25, 0.3) is 0 Å². The van der Waals surface area contributed by atoms with Crippen molar-refractivity contribution in [2.75, 3.05) is 88.4 Å². The molecule has 2 aromatic carbocycles. The second kappa shape index (κ2) is 13.7. The number of nitrogens with zero attached hydrogens (tertiary/aromatic N) is 5.